The second kappa shape index (κ2) is 7.13. The number of hydrogen-bond acceptors (Lipinski definition) is 5. The predicted molar refractivity (Wildman–Crippen MR) is 87.9 cm³/mol. The van der Waals surface area contributed by atoms with E-state index in [1.54, 1.807) is 14.2 Å². The Bertz CT molecular complexity index is 655. The zero-order chi connectivity index (χ0) is 16.1. The molecule has 0 bridgehead atoms. The Kier molecular flexibility index (Phi) is 5.21. The Morgan fingerprint density at radius 1 is 1.27 bits per heavy atom. The van der Waals surface area contributed by atoms with E-state index in [0.717, 1.165) is 17.0 Å². The van der Waals surface area contributed by atoms with E-state index >= 15 is 0 Å². The van der Waals surface area contributed by atoms with E-state index in [9.17, 15) is 4.79 Å². The summed E-state index contributed by atoms with van der Waals surface area (Å²) in [4.78, 5) is 16.1. The number of anilines is 1. The molecule has 0 aliphatic carbocycles. The lowest BCUT2D eigenvalue weighted by Gasteiger charge is -2.09. The minimum absolute atomic E-state index is 0.0675. The summed E-state index contributed by atoms with van der Waals surface area (Å²) in [5.41, 5.74) is 1.54. The van der Waals surface area contributed by atoms with E-state index in [1.165, 1.54) is 11.3 Å². The molecule has 0 aliphatic rings. The first-order valence-electron chi connectivity index (χ1n) is 6.79. The molecule has 2 aromatic rings. The Hall–Kier alpha value is -2.28. The fourth-order valence-electron chi connectivity index (χ4n) is 1.86. The number of methoxy groups -OCH3 is 2. The molecule has 0 atom stereocenters. The molecule has 6 nitrogen and oxygen atoms in total. The van der Waals surface area contributed by atoms with Crippen LogP contribution in [0.25, 0.3) is 11.3 Å². The van der Waals surface area contributed by atoms with Crippen LogP contribution in [-0.2, 0) is 0 Å². The van der Waals surface area contributed by atoms with Crippen molar-refractivity contribution in [1.29, 1.82) is 0 Å². The van der Waals surface area contributed by atoms with Crippen molar-refractivity contribution < 1.29 is 14.3 Å². The maximum absolute atomic E-state index is 11.7. The van der Waals surface area contributed by atoms with Gasteiger partial charge in [-0.3, -0.25) is 5.32 Å². The van der Waals surface area contributed by atoms with Crippen molar-refractivity contribution in [2.75, 3.05) is 19.5 Å². The first-order chi connectivity index (χ1) is 10.5. The van der Waals surface area contributed by atoms with Crippen LogP contribution in [-0.4, -0.2) is 31.3 Å². The molecule has 1 aromatic carbocycles. The summed E-state index contributed by atoms with van der Waals surface area (Å²) >= 11 is 1.35. The maximum Gasteiger partial charge on any atom is 0.321 e. The van der Waals surface area contributed by atoms with Gasteiger partial charge in [0, 0.05) is 17.0 Å². The van der Waals surface area contributed by atoms with E-state index in [1.807, 2.05) is 37.4 Å². The first kappa shape index (κ1) is 16.1. The van der Waals surface area contributed by atoms with Gasteiger partial charge >= 0.3 is 6.03 Å². The number of nitrogens with zero attached hydrogens (tertiary/aromatic N) is 1. The molecule has 1 aromatic heterocycles. The summed E-state index contributed by atoms with van der Waals surface area (Å²) in [6.07, 6.45) is 0. The molecule has 0 unspecified atom stereocenters. The second-order valence-electron chi connectivity index (χ2n) is 4.86. The Labute approximate surface area is 133 Å². The fraction of sp³-hybridized carbons (Fsp3) is 0.333. The van der Waals surface area contributed by atoms with Crippen molar-refractivity contribution >= 4 is 22.5 Å². The second-order valence-corrected chi connectivity index (χ2v) is 5.72. The van der Waals surface area contributed by atoms with Crippen LogP contribution in [0.5, 0.6) is 11.5 Å². The molecule has 0 saturated carbocycles. The molecule has 2 N–H and O–H groups in total. The molecule has 0 spiro atoms. The van der Waals surface area contributed by atoms with Gasteiger partial charge < -0.3 is 14.8 Å². The number of carbonyl (C=O) groups is 1. The number of nitrogens with one attached hydrogen (secondary N) is 2. The third-order valence-electron chi connectivity index (χ3n) is 2.83. The highest BCUT2D eigenvalue weighted by Gasteiger charge is 2.13. The Balaban J connectivity index is 2.22. The molecular formula is C15H19N3O3S. The van der Waals surface area contributed by atoms with Crippen molar-refractivity contribution in [1.82, 2.24) is 10.3 Å². The van der Waals surface area contributed by atoms with Gasteiger partial charge in [0.15, 0.2) is 5.13 Å². The highest BCUT2D eigenvalue weighted by molar-refractivity contribution is 7.14. The van der Waals surface area contributed by atoms with E-state index < -0.39 is 0 Å². The Morgan fingerprint density at radius 2 is 2.05 bits per heavy atom. The molecule has 0 saturated heterocycles. The van der Waals surface area contributed by atoms with Gasteiger partial charge in [-0.05, 0) is 32.0 Å². The lowest BCUT2D eigenvalue weighted by Crippen LogP contribution is -2.34. The smallest absolute Gasteiger partial charge is 0.321 e. The molecule has 0 fully saturated rings. The van der Waals surface area contributed by atoms with Crippen LogP contribution < -0.4 is 20.1 Å². The van der Waals surface area contributed by atoms with E-state index in [0.29, 0.717) is 10.9 Å². The minimum Gasteiger partial charge on any atom is -0.497 e. The summed E-state index contributed by atoms with van der Waals surface area (Å²) in [7, 11) is 3.21. The molecule has 2 amide bonds. The van der Waals surface area contributed by atoms with Crippen LogP contribution in [0.2, 0.25) is 0 Å². The quantitative estimate of drug-likeness (QED) is 0.886. The molecule has 118 valence electrons. The van der Waals surface area contributed by atoms with Gasteiger partial charge in [0.05, 0.1) is 19.9 Å². The van der Waals surface area contributed by atoms with Crippen molar-refractivity contribution in [3.8, 4) is 22.8 Å². The van der Waals surface area contributed by atoms with Gasteiger partial charge in [-0.2, -0.15) is 0 Å². The average molecular weight is 321 g/mol. The number of aromatic nitrogens is 1. The van der Waals surface area contributed by atoms with Gasteiger partial charge in [-0.15, -0.1) is 11.3 Å². The van der Waals surface area contributed by atoms with Crippen molar-refractivity contribution in [2.45, 2.75) is 19.9 Å². The van der Waals surface area contributed by atoms with Gasteiger partial charge in [-0.1, -0.05) is 0 Å². The van der Waals surface area contributed by atoms with Crippen LogP contribution in [0, 0.1) is 0 Å². The lowest BCUT2D eigenvalue weighted by molar-refractivity contribution is 0.250. The summed E-state index contributed by atoms with van der Waals surface area (Å²) in [5, 5.41) is 7.86. The standard InChI is InChI=1S/C15H19N3O3S/c1-9(2)16-14(19)18-15-17-12(8-22-15)11-7-10(20-3)5-6-13(11)21-4/h5-9H,1-4H3,(H2,16,17,18,19). The van der Waals surface area contributed by atoms with Crippen LogP contribution in [0.4, 0.5) is 9.93 Å². The van der Waals surface area contributed by atoms with Gasteiger partial charge in [0.25, 0.3) is 0 Å². The van der Waals surface area contributed by atoms with Gasteiger partial charge in [-0.25, -0.2) is 9.78 Å². The molecular weight excluding hydrogens is 302 g/mol. The largest absolute Gasteiger partial charge is 0.497 e. The van der Waals surface area contributed by atoms with Crippen LogP contribution in [0.3, 0.4) is 0 Å². The highest BCUT2D eigenvalue weighted by atomic mass is 32.1. The summed E-state index contributed by atoms with van der Waals surface area (Å²) < 4.78 is 10.6. The molecule has 0 radical (unpaired) electrons. The van der Waals surface area contributed by atoms with E-state index in [2.05, 4.69) is 15.6 Å². The van der Waals surface area contributed by atoms with Crippen molar-refractivity contribution in [2.24, 2.45) is 0 Å². The Morgan fingerprint density at radius 3 is 2.68 bits per heavy atom. The average Bonchev–Trinajstić information content (AvgIpc) is 2.93. The zero-order valence-corrected chi connectivity index (χ0v) is 13.8. The topological polar surface area (TPSA) is 72.5 Å². The molecule has 2 rings (SSSR count). The lowest BCUT2D eigenvalue weighted by atomic mass is 10.1. The SMILES string of the molecule is COc1ccc(OC)c(-c2csc(NC(=O)NC(C)C)n2)c1. The van der Waals surface area contributed by atoms with Crippen molar-refractivity contribution in [3.63, 3.8) is 0 Å². The van der Waals surface area contributed by atoms with E-state index in [4.69, 9.17) is 9.47 Å². The number of carbonyl (C=O) groups excluding carboxylic acids is 1. The van der Waals surface area contributed by atoms with Gasteiger partial charge in [0.2, 0.25) is 0 Å². The molecule has 0 aliphatic heterocycles. The highest BCUT2D eigenvalue weighted by Crippen LogP contribution is 2.34. The number of hydrogen-bond donors (Lipinski definition) is 2. The summed E-state index contributed by atoms with van der Waals surface area (Å²) in [5.74, 6) is 1.42. The maximum atomic E-state index is 11.7. The number of rotatable bonds is 5. The molecule has 1 heterocycles. The van der Waals surface area contributed by atoms with Crippen LogP contribution in [0.1, 0.15) is 13.8 Å². The number of benzene rings is 1. The number of urea groups is 1. The van der Waals surface area contributed by atoms with Crippen molar-refractivity contribution in [3.05, 3.63) is 23.6 Å². The van der Waals surface area contributed by atoms with Gasteiger partial charge in [0.1, 0.15) is 11.5 Å². The number of amides is 2. The first-order valence-corrected chi connectivity index (χ1v) is 7.67. The molecule has 7 heteroatoms. The zero-order valence-electron chi connectivity index (χ0n) is 13.0. The number of ether oxygens (including phenoxy) is 2. The fourth-order valence-corrected chi connectivity index (χ4v) is 2.57. The van der Waals surface area contributed by atoms with Crippen LogP contribution >= 0.6 is 11.3 Å². The monoisotopic (exact) mass is 321 g/mol. The van der Waals surface area contributed by atoms with E-state index in [-0.39, 0.29) is 12.1 Å². The third kappa shape index (κ3) is 3.88. The molecule has 22 heavy (non-hydrogen) atoms. The predicted octanol–water partition coefficient (Wildman–Crippen LogP) is 3.36. The summed E-state index contributed by atoms with van der Waals surface area (Å²) in [6.45, 7) is 3.79. The minimum atomic E-state index is -0.270. The number of thiazole rings is 1. The third-order valence-corrected chi connectivity index (χ3v) is 3.58. The summed E-state index contributed by atoms with van der Waals surface area (Å²) in [6, 6.07) is 5.30. The normalized spacial score (nSPS) is 10.4. The van der Waals surface area contributed by atoms with Crippen LogP contribution in [0.15, 0.2) is 23.6 Å².